The number of benzene rings is 2. The van der Waals surface area contributed by atoms with Gasteiger partial charge in [0.2, 0.25) is 0 Å². The van der Waals surface area contributed by atoms with Crippen molar-refractivity contribution in [2.45, 2.75) is 12.8 Å². The average molecular weight is 423 g/mol. The molecule has 3 rings (SSSR count). The van der Waals surface area contributed by atoms with Gasteiger partial charge in [0.05, 0.1) is 19.8 Å². The van der Waals surface area contributed by atoms with Gasteiger partial charge in [-0.3, -0.25) is 4.79 Å². The molecule has 4 nitrogen and oxygen atoms in total. The summed E-state index contributed by atoms with van der Waals surface area (Å²) in [5.41, 5.74) is 2.87. The first-order valence-electron chi connectivity index (χ1n) is 7.47. The van der Waals surface area contributed by atoms with Crippen LogP contribution >= 0.6 is 22.6 Å². The Morgan fingerprint density at radius 3 is 2.57 bits per heavy atom. The average Bonchev–Trinajstić information content (AvgIpc) is 2.60. The number of methoxy groups -OCH3 is 2. The molecule has 1 aliphatic rings. The van der Waals surface area contributed by atoms with Crippen LogP contribution in [0.15, 0.2) is 36.4 Å². The monoisotopic (exact) mass is 423 g/mol. The van der Waals surface area contributed by atoms with Crippen LogP contribution in [0.1, 0.15) is 22.3 Å². The van der Waals surface area contributed by atoms with Crippen LogP contribution in [0.2, 0.25) is 0 Å². The molecule has 0 aromatic heterocycles. The molecule has 2 aromatic carbocycles. The molecule has 0 saturated carbocycles. The molecule has 0 N–H and O–H groups in total. The summed E-state index contributed by atoms with van der Waals surface area (Å²) >= 11 is 2.17. The van der Waals surface area contributed by atoms with Crippen molar-refractivity contribution in [2.75, 3.05) is 25.7 Å². The maximum atomic E-state index is 13.1. The summed E-state index contributed by atoms with van der Waals surface area (Å²) in [6.45, 7) is 0.736. The predicted octanol–water partition coefficient (Wildman–Crippen LogP) is 3.90. The van der Waals surface area contributed by atoms with Crippen LogP contribution < -0.4 is 14.4 Å². The molecule has 0 unspecified atom stereocenters. The number of para-hydroxylation sites is 1. The number of ether oxygens (including phenoxy) is 2. The molecule has 0 aliphatic carbocycles. The molecule has 0 fully saturated rings. The van der Waals surface area contributed by atoms with Crippen LogP contribution in [0.5, 0.6) is 11.5 Å². The molecule has 0 radical (unpaired) electrons. The molecular formula is C18H18INO3. The molecule has 5 heteroatoms. The van der Waals surface area contributed by atoms with Crippen molar-refractivity contribution in [2.24, 2.45) is 0 Å². The van der Waals surface area contributed by atoms with E-state index in [0.29, 0.717) is 17.1 Å². The zero-order valence-corrected chi connectivity index (χ0v) is 15.3. The number of carbonyl (C=O) groups excluding carboxylic acids is 1. The number of rotatable bonds is 3. The molecule has 0 saturated heterocycles. The maximum absolute atomic E-state index is 13.1. The summed E-state index contributed by atoms with van der Waals surface area (Å²) in [6, 6.07) is 11.7. The first-order chi connectivity index (χ1) is 11.2. The first-order valence-corrected chi connectivity index (χ1v) is 8.55. The standard InChI is InChI=1S/C18H18INO3/c1-22-16-10-13(14(19)11-17(16)23-2)18(21)20-9-5-7-12-6-3-4-8-15(12)20/h3-4,6,8,10-11H,5,7,9H2,1-2H3. The minimum Gasteiger partial charge on any atom is -0.493 e. The molecule has 0 bridgehead atoms. The van der Waals surface area contributed by atoms with E-state index in [4.69, 9.17) is 9.47 Å². The number of hydrogen-bond acceptors (Lipinski definition) is 3. The second-order valence-corrected chi connectivity index (χ2v) is 6.54. The highest BCUT2D eigenvalue weighted by molar-refractivity contribution is 14.1. The molecule has 23 heavy (non-hydrogen) atoms. The first kappa shape index (κ1) is 16.1. The number of aryl methyl sites for hydroxylation is 1. The van der Waals surface area contributed by atoms with Crippen molar-refractivity contribution in [3.63, 3.8) is 0 Å². The van der Waals surface area contributed by atoms with Gasteiger partial charge in [-0.2, -0.15) is 0 Å². The maximum Gasteiger partial charge on any atom is 0.259 e. The summed E-state index contributed by atoms with van der Waals surface area (Å²) in [6.07, 6.45) is 2.00. The molecular weight excluding hydrogens is 405 g/mol. The highest BCUT2D eigenvalue weighted by atomic mass is 127. The van der Waals surface area contributed by atoms with Crippen LogP contribution in [0, 0.1) is 3.57 Å². The lowest BCUT2D eigenvalue weighted by molar-refractivity contribution is 0.0984. The van der Waals surface area contributed by atoms with E-state index in [0.717, 1.165) is 28.6 Å². The number of carbonyl (C=O) groups is 1. The van der Waals surface area contributed by atoms with Gasteiger partial charge >= 0.3 is 0 Å². The summed E-state index contributed by atoms with van der Waals surface area (Å²) in [7, 11) is 3.17. The molecule has 0 spiro atoms. The third-order valence-electron chi connectivity index (χ3n) is 4.06. The molecule has 120 valence electrons. The minimum absolute atomic E-state index is 0.00232. The number of anilines is 1. The number of fused-ring (bicyclic) bond motifs is 1. The normalized spacial score (nSPS) is 13.4. The van der Waals surface area contributed by atoms with Gasteiger partial charge < -0.3 is 14.4 Å². The van der Waals surface area contributed by atoms with Crippen molar-refractivity contribution in [3.8, 4) is 11.5 Å². The van der Waals surface area contributed by atoms with Gasteiger partial charge in [0.25, 0.3) is 5.91 Å². The molecule has 2 aromatic rings. The summed E-state index contributed by atoms with van der Waals surface area (Å²) < 4.78 is 11.5. The lowest BCUT2D eigenvalue weighted by Crippen LogP contribution is -2.35. The summed E-state index contributed by atoms with van der Waals surface area (Å²) in [5.74, 6) is 1.21. The van der Waals surface area contributed by atoms with Crippen molar-refractivity contribution in [1.82, 2.24) is 0 Å². The second-order valence-electron chi connectivity index (χ2n) is 5.38. The van der Waals surface area contributed by atoms with Gasteiger partial charge in [-0.15, -0.1) is 0 Å². The van der Waals surface area contributed by atoms with Gasteiger partial charge in [-0.05, 0) is 59.2 Å². The third-order valence-corrected chi connectivity index (χ3v) is 4.95. The van der Waals surface area contributed by atoms with Crippen molar-refractivity contribution in [3.05, 3.63) is 51.1 Å². The number of nitrogens with zero attached hydrogens (tertiary/aromatic N) is 1. The largest absolute Gasteiger partial charge is 0.493 e. The van der Waals surface area contributed by atoms with Crippen molar-refractivity contribution < 1.29 is 14.3 Å². The van der Waals surface area contributed by atoms with E-state index in [9.17, 15) is 4.79 Å². The van der Waals surface area contributed by atoms with Gasteiger partial charge in [-0.25, -0.2) is 0 Å². The van der Waals surface area contributed by atoms with E-state index < -0.39 is 0 Å². The van der Waals surface area contributed by atoms with E-state index in [-0.39, 0.29) is 5.91 Å². The Hall–Kier alpha value is -1.76. The van der Waals surface area contributed by atoms with Crippen LogP contribution in [0.4, 0.5) is 5.69 Å². The zero-order chi connectivity index (χ0) is 16.4. The van der Waals surface area contributed by atoms with E-state index in [1.807, 2.05) is 29.2 Å². The molecule has 1 amide bonds. The highest BCUT2D eigenvalue weighted by Gasteiger charge is 2.25. The van der Waals surface area contributed by atoms with Crippen LogP contribution in [0.3, 0.4) is 0 Å². The number of halogens is 1. The van der Waals surface area contributed by atoms with E-state index in [1.165, 1.54) is 5.56 Å². The minimum atomic E-state index is 0.00232. The smallest absolute Gasteiger partial charge is 0.259 e. The van der Waals surface area contributed by atoms with Gasteiger partial charge in [-0.1, -0.05) is 18.2 Å². The highest BCUT2D eigenvalue weighted by Crippen LogP contribution is 2.34. The number of hydrogen-bond donors (Lipinski definition) is 0. The summed E-state index contributed by atoms with van der Waals surface area (Å²) in [5, 5.41) is 0. The Kier molecular flexibility index (Phi) is 4.75. The van der Waals surface area contributed by atoms with E-state index in [2.05, 4.69) is 28.7 Å². The van der Waals surface area contributed by atoms with Crippen molar-refractivity contribution in [1.29, 1.82) is 0 Å². The fraction of sp³-hybridized carbons (Fsp3) is 0.278. The Labute approximate surface area is 149 Å². The fourth-order valence-corrected chi connectivity index (χ4v) is 3.58. The SMILES string of the molecule is COc1cc(I)c(C(=O)N2CCCc3ccccc32)cc1OC. The fourth-order valence-electron chi connectivity index (χ4n) is 2.91. The van der Waals surface area contributed by atoms with Crippen LogP contribution in [0.25, 0.3) is 0 Å². The molecule has 1 aliphatic heterocycles. The lowest BCUT2D eigenvalue weighted by atomic mass is 10.0. The summed E-state index contributed by atoms with van der Waals surface area (Å²) in [4.78, 5) is 14.9. The Morgan fingerprint density at radius 1 is 1.13 bits per heavy atom. The van der Waals surface area contributed by atoms with E-state index in [1.54, 1.807) is 20.3 Å². The van der Waals surface area contributed by atoms with Crippen LogP contribution in [-0.4, -0.2) is 26.7 Å². The van der Waals surface area contributed by atoms with Gasteiger partial charge in [0, 0.05) is 15.8 Å². The van der Waals surface area contributed by atoms with Gasteiger partial charge in [0.1, 0.15) is 0 Å². The second kappa shape index (κ2) is 6.78. The van der Waals surface area contributed by atoms with Crippen LogP contribution in [-0.2, 0) is 6.42 Å². The lowest BCUT2D eigenvalue weighted by Gasteiger charge is -2.30. The molecule has 0 atom stereocenters. The van der Waals surface area contributed by atoms with Gasteiger partial charge in [0.15, 0.2) is 11.5 Å². The topological polar surface area (TPSA) is 38.8 Å². The zero-order valence-electron chi connectivity index (χ0n) is 13.1. The van der Waals surface area contributed by atoms with E-state index >= 15 is 0 Å². The number of amides is 1. The third kappa shape index (κ3) is 3.02. The van der Waals surface area contributed by atoms with Crippen molar-refractivity contribution >= 4 is 34.2 Å². The molecule has 1 heterocycles. The quantitative estimate of drug-likeness (QED) is 0.704. The Morgan fingerprint density at radius 2 is 1.83 bits per heavy atom. The Balaban J connectivity index is 2.02. The predicted molar refractivity (Wildman–Crippen MR) is 98.7 cm³/mol. The Bertz CT molecular complexity index is 745.